The van der Waals surface area contributed by atoms with Crippen molar-refractivity contribution < 1.29 is 9.90 Å². The van der Waals surface area contributed by atoms with Gasteiger partial charge in [-0.25, -0.2) is 4.79 Å². The minimum Gasteiger partial charge on any atom is -0.508 e. The van der Waals surface area contributed by atoms with Crippen LogP contribution in [0.4, 0.5) is 4.79 Å². The molecule has 0 heterocycles. The SMILES string of the molecule is C=CCNC(=O)N(Cc1cccc(O)c1)CC1CC1. The van der Waals surface area contributed by atoms with Gasteiger partial charge in [0.05, 0.1) is 0 Å². The average Bonchev–Trinajstić information content (AvgIpc) is 3.19. The van der Waals surface area contributed by atoms with Crippen LogP contribution in [0.15, 0.2) is 36.9 Å². The van der Waals surface area contributed by atoms with Crippen LogP contribution in [0.5, 0.6) is 5.75 Å². The van der Waals surface area contributed by atoms with Crippen LogP contribution in [-0.4, -0.2) is 29.1 Å². The van der Waals surface area contributed by atoms with E-state index in [0.29, 0.717) is 19.0 Å². The summed E-state index contributed by atoms with van der Waals surface area (Å²) in [5.41, 5.74) is 0.939. The quantitative estimate of drug-likeness (QED) is 0.772. The third-order valence-electron chi connectivity index (χ3n) is 3.14. The number of benzene rings is 1. The maximum absolute atomic E-state index is 12.1. The smallest absolute Gasteiger partial charge is 0.317 e. The van der Waals surface area contributed by atoms with Crippen molar-refractivity contribution in [3.8, 4) is 5.75 Å². The van der Waals surface area contributed by atoms with E-state index in [-0.39, 0.29) is 11.8 Å². The van der Waals surface area contributed by atoms with E-state index in [1.807, 2.05) is 6.07 Å². The molecule has 0 bridgehead atoms. The lowest BCUT2D eigenvalue weighted by atomic mass is 10.2. The van der Waals surface area contributed by atoms with Crippen LogP contribution in [0.2, 0.25) is 0 Å². The molecule has 0 unspecified atom stereocenters. The lowest BCUT2D eigenvalue weighted by Gasteiger charge is -2.23. The molecule has 0 aliphatic heterocycles. The summed E-state index contributed by atoms with van der Waals surface area (Å²) >= 11 is 0. The minimum atomic E-state index is -0.0739. The number of hydrogen-bond donors (Lipinski definition) is 2. The second-order valence-corrected chi connectivity index (χ2v) is 4.97. The Hall–Kier alpha value is -1.97. The van der Waals surface area contributed by atoms with Crippen LogP contribution >= 0.6 is 0 Å². The maximum atomic E-state index is 12.1. The molecule has 1 aromatic rings. The van der Waals surface area contributed by atoms with Gasteiger partial charge in [-0.1, -0.05) is 18.2 Å². The molecule has 2 N–H and O–H groups in total. The Bertz CT molecular complexity index is 455. The van der Waals surface area contributed by atoms with Crippen LogP contribution < -0.4 is 5.32 Å². The van der Waals surface area contributed by atoms with Gasteiger partial charge in [-0.3, -0.25) is 0 Å². The molecule has 1 saturated carbocycles. The zero-order valence-corrected chi connectivity index (χ0v) is 11.0. The summed E-state index contributed by atoms with van der Waals surface area (Å²) in [6.07, 6.45) is 4.07. The number of carbonyl (C=O) groups excluding carboxylic acids is 1. The Morgan fingerprint density at radius 2 is 2.32 bits per heavy atom. The average molecular weight is 260 g/mol. The van der Waals surface area contributed by atoms with Gasteiger partial charge in [0.2, 0.25) is 0 Å². The first-order valence-corrected chi connectivity index (χ1v) is 6.60. The molecule has 0 atom stereocenters. The Morgan fingerprint density at radius 1 is 1.53 bits per heavy atom. The van der Waals surface area contributed by atoms with Crippen LogP contribution in [0.25, 0.3) is 0 Å². The van der Waals surface area contributed by atoms with Gasteiger partial charge in [0.15, 0.2) is 0 Å². The molecule has 2 amide bonds. The van der Waals surface area contributed by atoms with E-state index in [2.05, 4.69) is 11.9 Å². The highest BCUT2D eigenvalue weighted by atomic mass is 16.3. The number of rotatable bonds is 6. The molecule has 1 aromatic carbocycles. The molecule has 1 aliphatic rings. The largest absolute Gasteiger partial charge is 0.508 e. The molecule has 102 valence electrons. The first-order valence-electron chi connectivity index (χ1n) is 6.60. The highest BCUT2D eigenvalue weighted by molar-refractivity contribution is 5.74. The third-order valence-corrected chi connectivity index (χ3v) is 3.14. The summed E-state index contributed by atoms with van der Waals surface area (Å²) in [6, 6.07) is 6.96. The first-order chi connectivity index (χ1) is 9.19. The fraction of sp³-hybridized carbons (Fsp3) is 0.400. The highest BCUT2D eigenvalue weighted by Gasteiger charge is 2.26. The summed E-state index contributed by atoms with van der Waals surface area (Å²) in [6.45, 7) is 5.36. The third kappa shape index (κ3) is 4.32. The summed E-state index contributed by atoms with van der Waals surface area (Å²) in [4.78, 5) is 13.9. The Kier molecular flexibility index (Phi) is 4.44. The van der Waals surface area contributed by atoms with Crippen molar-refractivity contribution in [2.45, 2.75) is 19.4 Å². The molecule has 0 saturated heterocycles. The lowest BCUT2D eigenvalue weighted by Crippen LogP contribution is -2.40. The molecule has 0 aromatic heterocycles. The predicted octanol–water partition coefficient (Wildman–Crippen LogP) is 2.50. The van der Waals surface area contributed by atoms with E-state index in [1.54, 1.807) is 29.2 Å². The Morgan fingerprint density at radius 3 is 2.95 bits per heavy atom. The number of aromatic hydroxyl groups is 1. The minimum absolute atomic E-state index is 0.0739. The van der Waals surface area contributed by atoms with Crippen molar-refractivity contribution in [2.75, 3.05) is 13.1 Å². The second-order valence-electron chi connectivity index (χ2n) is 4.97. The van der Waals surface area contributed by atoms with Crippen molar-refractivity contribution in [1.29, 1.82) is 0 Å². The van der Waals surface area contributed by atoms with Crippen molar-refractivity contribution >= 4 is 6.03 Å². The first kappa shape index (κ1) is 13.5. The van der Waals surface area contributed by atoms with Crippen molar-refractivity contribution in [3.05, 3.63) is 42.5 Å². The van der Waals surface area contributed by atoms with E-state index < -0.39 is 0 Å². The van der Waals surface area contributed by atoms with Gasteiger partial charge in [0.25, 0.3) is 0 Å². The summed E-state index contributed by atoms with van der Waals surface area (Å²) < 4.78 is 0. The monoisotopic (exact) mass is 260 g/mol. The number of nitrogens with zero attached hydrogens (tertiary/aromatic N) is 1. The number of amides is 2. The fourth-order valence-electron chi connectivity index (χ4n) is 1.98. The number of carbonyl (C=O) groups is 1. The zero-order valence-electron chi connectivity index (χ0n) is 11.0. The Balaban J connectivity index is 1.99. The van der Waals surface area contributed by atoms with E-state index in [4.69, 9.17) is 0 Å². The standard InChI is InChI=1S/C15H20N2O2/c1-2-8-16-15(19)17(10-12-6-7-12)11-13-4-3-5-14(18)9-13/h2-5,9,12,18H,1,6-8,10-11H2,(H,16,19). The van der Waals surface area contributed by atoms with E-state index in [0.717, 1.165) is 12.1 Å². The molecule has 1 aliphatic carbocycles. The molecule has 1 fully saturated rings. The van der Waals surface area contributed by atoms with E-state index in [1.165, 1.54) is 12.8 Å². The van der Waals surface area contributed by atoms with Crippen molar-refractivity contribution in [3.63, 3.8) is 0 Å². The maximum Gasteiger partial charge on any atom is 0.317 e. The van der Waals surface area contributed by atoms with Gasteiger partial charge in [-0.05, 0) is 36.5 Å². The van der Waals surface area contributed by atoms with Crippen molar-refractivity contribution in [2.24, 2.45) is 5.92 Å². The molecule has 4 heteroatoms. The second kappa shape index (κ2) is 6.27. The molecular formula is C15H20N2O2. The van der Waals surface area contributed by atoms with Gasteiger partial charge in [0, 0.05) is 19.6 Å². The van der Waals surface area contributed by atoms with Crippen molar-refractivity contribution in [1.82, 2.24) is 10.2 Å². The highest BCUT2D eigenvalue weighted by Crippen LogP contribution is 2.30. The van der Waals surface area contributed by atoms with Crippen LogP contribution in [0.3, 0.4) is 0 Å². The lowest BCUT2D eigenvalue weighted by molar-refractivity contribution is 0.193. The fourth-order valence-corrected chi connectivity index (χ4v) is 1.98. The van der Waals surface area contributed by atoms with E-state index >= 15 is 0 Å². The molecule has 0 radical (unpaired) electrons. The zero-order chi connectivity index (χ0) is 13.7. The number of nitrogens with one attached hydrogen (secondary N) is 1. The summed E-state index contributed by atoms with van der Waals surface area (Å²) in [7, 11) is 0. The Labute approximate surface area is 113 Å². The van der Waals surface area contributed by atoms with Gasteiger partial charge < -0.3 is 15.3 Å². The summed E-state index contributed by atoms with van der Waals surface area (Å²) in [5.74, 6) is 0.863. The predicted molar refractivity (Wildman–Crippen MR) is 74.8 cm³/mol. The molecule has 0 spiro atoms. The van der Waals surface area contributed by atoms with Crippen LogP contribution in [0, 0.1) is 5.92 Å². The number of phenols is 1. The van der Waals surface area contributed by atoms with E-state index in [9.17, 15) is 9.90 Å². The molecule has 19 heavy (non-hydrogen) atoms. The van der Waals surface area contributed by atoms with Gasteiger partial charge >= 0.3 is 6.03 Å². The normalized spacial score (nSPS) is 13.9. The number of urea groups is 1. The number of phenolic OH excluding ortho intramolecular Hbond substituents is 1. The van der Waals surface area contributed by atoms with Gasteiger partial charge in [-0.2, -0.15) is 0 Å². The topological polar surface area (TPSA) is 52.6 Å². The van der Waals surface area contributed by atoms with Gasteiger partial charge in [-0.15, -0.1) is 6.58 Å². The molecular weight excluding hydrogens is 240 g/mol. The van der Waals surface area contributed by atoms with Crippen LogP contribution in [-0.2, 0) is 6.54 Å². The van der Waals surface area contributed by atoms with Crippen LogP contribution in [0.1, 0.15) is 18.4 Å². The molecule has 4 nitrogen and oxygen atoms in total. The summed E-state index contributed by atoms with van der Waals surface area (Å²) in [5, 5.41) is 12.3. The molecule has 2 rings (SSSR count). The van der Waals surface area contributed by atoms with Gasteiger partial charge in [0.1, 0.15) is 5.75 Å². The number of hydrogen-bond acceptors (Lipinski definition) is 2.